The molecule has 102 valence electrons. The quantitative estimate of drug-likeness (QED) is 0.675. The highest BCUT2D eigenvalue weighted by Crippen LogP contribution is 2.31. The fraction of sp³-hybridized carbons (Fsp3) is 1.00. The summed E-state index contributed by atoms with van der Waals surface area (Å²) in [5.41, 5.74) is 5.91. The van der Waals surface area contributed by atoms with Crippen molar-refractivity contribution < 1.29 is 4.74 Å². The van der Waals surface area contributed by atoms with Crippen LogP contribution in [0.25, 0.3) is 0 Å². The maximum atomic E-state index is 5.98. The molecule has 1 atom stereocenters. The summed E-state index contributed by atoms with van der Waals surface area (Å²) in [6.45, 7) is 8.50. The molecule has 0 heterocycles. The van der Waals surface area contributed by atoms with E-state index in [4.69, 9.17) is 10.5 Å². The molecule has 1 saturated carbocycles. The van der Waals surface area contributed by atoms with Crippen molar-refractivity contribution in [2.45, 2.75) is 70.6 Å². The van der Waals surface area contributed by atoms with Gasteiger partial charge in [-0.3, -0.25) is 4.90 Å². The minimum atomic E-state index is -0.0661. The standard InChI is InChI=1S/C14H30N2O/c1-5-6-9-16(12-7-8-12)13(11-15)10-14(2,3)17-4/h12-13H,5-11,15H2,1-4H3. The van der Waals surface area contributed by atoms with Crippen molar-refractivity contribution in [2.75, 3.05) is 20.2 Å². The van der Waals surface area contributed by atoms with E-state index in [1.807, 2.05) is 0 Å². The van der Waals surface area contributed by atoms with E-state index in [2.05, 4.69) is 25.7 Å². The first kappa shape index (κ1) is 14.9. The zero-order valence-corrected chi connectivity index (χ0v) is 12.0. The molecule has 0 aliphatic heterocycles. The first-order valence-corrected chi connectivity index (χ1v) is 7.05. The van der Waals surface area contributed by atoms with E-state index >= 15 is 0 Å². The molecular weight excluding hydrogens is 212 g/mol. The van der Waals surface area contributed by atoms with Crippen molar-refractivity contribution in [3.8, 4) is 0 Å². The number of rotatable bonds is 9. The van der Waals surface area contributed by atoms with E-state index < -0.39 is 0 Å². The molecule has 0 spiro atoms. The Bertz CT molecular complexity index is 214. The SMILES string of the molecule is CCCCN(C1CC1)C(CN)CC(C)(C)OC. The number of methoxy groups -OCH3 is 1. The molecule has 0 amide bonds. The summed E-state index contributed by atoms with van der Waals surface area (Å²) in [7, 11) is 1.79. The normalized spacial score (nSPS) is 18.7. The summed E-state index contributed by atoms with van der Waals surface area (Å²) in [5, 5.41) is 0. The molecule has 3 nitrogen and oxygen atoms in total. The first-order chi connectivity index (χ1) is 8.04. The molecule has 2 N–H and O–H groups in total. The van der Waals surface area contributed by atoms with Crippen LogP contribution in [0.3, 0.4) is 0 Å². The number of unbranched alkanes of at least 4 members (excludes halogenated alkanes) is 1. The van der Waals surface area contributed by atoms with Crippen LogP contribution in [-0.2, 0) is 4.74 Å². The minimum Gasteiger partial charge on any atom is -0.379 e. The second-order valence-electron chi connectivity index (χ2n) is 5.88. The molecule has 0 radical (unpaired) electrons. The summed E-state index contributed by atoms with van der Waals surface area (Å²) >= 11 is 0. The molecule has 1 fully saturated rings. The van der Waals surface area contributed by atoms with Gasteiger partial charge in [-0.25, -0.2) is 0 Å². The predicted molar refractivity (Wildman–Crippen MR) is 73.2 cm³/mol. The average Bonchev–Trinajstić information content (AvgIpc) is 3.12. The van der Waals surface area contributed by atoms with Crippen LogP contribution in [0.2, 0.25) is 0 Å². The third-order valence-electron chi connectivity index (χ3n) is 3.81. The smallest absolute Gasteiger partial charge is 0.0638 e. The number of ether oxygens (including phenoxy) is 1. The zero-order valence-electron chi connectivity index (χ0n) is 12.0. The first-order valence-electron chi connectivity index (χ1n) is 7.05. The number of hydrogen-bond donors (Lipinski definition) is 1. The van der Waals surface area contributed by atoms with Crippen LogP contribution in [0.1, 0.15) is 52.9 Å². The van der Waals surface area contributed by atoms with Crippen molar-refractivity contribution in [3.63, 3.8) is 0 Å². The van der Waals surface area contributed by atoms with E-state index in [0.29, 0.717) is 6.04 Å². The summed E-state index contributed by atoms with van der Waals surface area (Å²) in [4.78, 5) is 2.63. The lowest BCUT2D eigenvalue weighted by Gasteiger charge is -2.36. The Morgan fingerprint density at radius 3 is 2.47 bits per heavy atom. The molecular formula is C14H30N2O. The van der Waals surface area contributed by atoms with Gasteiger partial charge >= 0.3 is 0 Å². The fourth-order valence-electron chi connectivity index (χ4n) is 2.40. The minimum absolute atomic E-state index is 0.0661. The van der Waals surface area contributed by atoms with E-state index in [-0.39, 0.29) is 5.60 Å². The molecule has 0 aromatic rings. The number of nitrogens with zero attached hydrogens (tertiary/aromatic N) is 1. The van der Waals surface area contributed by atoms with Gasteiger partial charge in [0, 0.05) is 25.7 Å². The molecule has 3 heteroatoms. The Morgan fingerprint density at radius 2 is 2.06 bits per heavy atom. The van der Waals surface area contributed by atoms with Gasteiger partial charge in [0.25, 0.3) is 0 Å². The van der Waals surface area contributed by atoms with Crippen LogP contribution in [0.15, 0.2) is 0 Å². The van der Waals surface area contributed by atoms with E-state index in [1.54, 1.807) is 7.11 Å². The van der Waals surface area contributed by atoms with Crippen molar-refractivity contribution in [3.05, 3.63) is 0 Å². The Morgan fingerprint density at radius 1 is 1.41 bits per heavy atom. The number of hydrogen-bond acceptors (Lipinski definition) is 3. The van der Waals surface area contributed by atoms with Crippen molar-refractivity contribution in [2.24, 2.45) is 5.73 Å². The number of nitrogens with two attached hydrogens (primary N) is 1. The summed E-state index contributed by atoms with van der Waals surface area (Å²) in [5.74, 6) is 0. The van der Waals surface area contributed by atoms with E-state index in [9.17, 15) is 0 Å². The predicted octanol–water partition coefficient (Wildman–Crippen LogP) is 2.39. The van der Waals surface area contributed by atoms with Gasteiger partial charge in [-0.1, -0.05) is 13.3 Å². The fourth-order valence-corrected chi connectivity index (χ4v) is 2.40. The van der Waals surface area contributed by atoms with E-state index in [1.165, 1.54) is 32.2 Å². The molecule has 0 bridgehead atoms. The van der Waals surface area contributed by atoms with Gasteiger partial charge in [-0.05, 0) is 46.1 Å². The van der Waals surface area contributed by atoms with Crippen molar-refractivity contribution in [1.82, 2.24) is 4.90 Å². The second kappa shape index (κ2) is 6.72. The van der Waals surface area contributed by atoms with Gasteiger partial charge in [0.2, 0.25) is 0 Å². The molecule has 1 rings (SSSR count). The third-order valence-corrected chi connectivity index (χ3v) is 3.81. The molecule has 1 unspecified atom stereocenters. The molecule has 0 aromatic carbocycles. The summed E-state index contributed by atoms with van der Waals surface area (Å²) in [6.07, 6.45) is 6.27. The Kier molecular flexibility index (Phi) is 5.90. The lowest BCUT2D eigenvalue weighted by Crippen LogP contribution is -2.46. The molecule has 0 aromatic heterocycles. The maximum absolute atomic E-state index is 5.98. The van der Waals surface area contributed by atoms with Crippen molar-refractivity contribution in [1.29, 1.82) is 0 Å². The van der Waals surface area contributed by atoms with Crippen LogP contribution in [0.5, 0.6) is 0 Å². The lowest BCUT2D eigenvalue weighted by molar-refractivity contribution is -0.00906. The van der Waals surface area contributed by atoms with Crippen LogP contribution >= 0.6 is 0 Å². The maximum Gasteiger partial charge on any atom is 0.0638 e. The van der Waals surface area contributed by atoms with Gasteiger partial charge in [-0.2, -0.15) is 0 Å². The molecule has 1 aliphatic carbocycles. The average molecular weight is 242 g/mol. The van der Waals surface area contributed by atoms with Gasteiger partial charge in [0.15, 0.2) is 0 Å². The highest BCUT2D eigenvalue weighted by atomic mass is 16.5. The highest BCUT2D eigenvalue weighted by molar-refractivity contribution is 4.91. The Balaban J connectivity index is 2.54. The van der Waals surface area contributed by atoms with Crippen LogP contribution in [-0.4, -0.2) is 42.8 Å². The summed E-state index contributed by atoms with van der Waals surface area (Å²) < 4.78 is 5.54. The van der Waals surface area contributed by atoms with Crippen LogP contribution in [0, 0.1) is 0 Å². The monoisotopic (exact) mass is 242 g/mol. The molecule has 1 aliphatic rings. The molecule has 0 saturated heterocycles. The van der Waals surface area contributed by atoms with Gasteiger partial charge in [-0.15, -0.1) is 0 Å². The van der Waals surface area contributed by atoms with E-state index in [0.717, 1.165) is 19.0 Å². The highest BCUT2D eigenvalue weighted by Gasteiger charge is 2.35. The van der Waals surface area contributed by atoms with Crippen LogP contribution in [0.4, 0.5) is 0 Å². The Labute approximate surface area is 107 Å². The van der Waals surface area contributed by atoms with Gasteiger partial charge < -0.3 is 10.5 Å². The topological polar surface area (TPSA) is 38.5 Å². The van der Waals surface area contributed by atoms with Gasteiger partial charge in [0.1, 0.15) is 0 Å². The third kappa shape index (κ3) is 4.94. The zero-order chi connectivity index (χ0) is 12.9. The molecule has 17 heavy (non-hydrogen) atoms. The lowest BCUT2D eigenvalue weighted by atomic mass is 9.97. The van der Waals surface area contributed by atoms with Gasteiger partial charge in [0.05, 0.1) is 5.60 Å². The Hall–Kier alpha value is -0.120. The largest absolute Gasteiger partial charge is 0.379 e. The second-order valence-corrected chi connectivity index (χ2v) is 5.88. The van der Waals surface area contributed by atoms with Crippen molar-refractivity contribution >= 4 is 0 Å². The van der Waals surface area contributed by atoms with Crippen LogP contribution < -0.4 is 5.73 Å². The summed E-state index contributed by atoms with van der Waals surface area (Å²) in [6, 6.07) is 1.27.